The number of hydrogen-bond acceptors (Lipinski definition) is 5. The van der Waals surface area contributed by atoms with Crippen molar-refractivity contribution in [3.8, 4) is 0 Å². The molecular weight excluding hydrogens is 250 g/mol. The van der Waals surface area contributed by atoms with Crippen LogP contribution in [0.1, 0.15) is 41.0 Å². The molecule has 0 radical (unpaired) electrons. The smallest absolute Gasteiger partial charge is 1.00 e. The van der Waals surface area contributed by atoms with E-state index < -0.39 is 21.8 Å². The molecule has 96 valence electrons. The second kappa shape index (κ2) is 17.0. The van der Waals surface area contributed by atoms with Gasteiger partial charge in [-0.2, -0.15) is 0 Å². The summed E-state index contributed by atoms with van der Waals surface area (Å²) in [5.41, 5.74) is 0. The van der Waals surface area contributed by atoms with E-state index in [9.17, 15) is 3.80 Å². The van der Waals surface area contributed by atoms with Crippen molar-refractivity contribution in [2.45, 2.75) is 45.8 Å². The van der Waals surface area contributed by atoms with Gasteiger partial charge in [0.1, 0.15) is 0 Å². The van der Waals surface area contributed by atoms with Crippen molar-refractivity contribution >= 4 is 15.5 Å². The Morgan fingerprint density at radius 1 is 1.12 bits per heavy atom. The van der Waals surface area contributed by atoms with Crippen LogP contribution in [0.4, 0.5) is 0 Å². The predicted molar refractivity (Wildman–Crippen MR) is 60.1 cm³/mol. The molecule has 0 amide bonds. The van der Waals surface area contributed by atoms with Gasteiger partial charge in [0, 0.05) is 0 Å². The van der Waals surface area contributed by atoms with Gasteiger partial charge in [-0.15, -0.1) is 0 Å². The van der Waals surface area contributed by atoms with Crippen LogP contribution in [0.2, 0.25) is 0 Å². The molecule has 0 aliphatic heterocycles. The molecule has 5 nitrogen and oxygen atoms in total. The Hall–Kier alpha value is 1.01. The van der Waals surface area contributed by atoms with Gasteiger partial charge in [-0.3, -0.25) is 0 Å². The van der Waals surface area contributed by atoms with Crippen molar-refractivity contribution in [1.82, 2.24) is 0 Å². The molecule has 0 spiro atoms. The topological polar surface area (TPSA) is 54.0 Å². The molecular formula is C10H22AlNaO5. The summed E-state index contributed by atoms with van der Waals surface area (Å²) in [6.07, 6.45) is 3.69. The maximum absolute atomic E-state index is 10.1. The molecule has 0 aromatic heterocycles. The molecule has 0 N–H and O–H groups in total. The Labute approximate surface area is 133 Å². The Morgan fingerprint density at radius 3 is 2.06 bits per heavy atom. The Balaban J connectivity index is -0.00000112. The van der Waals surface area contributed by atoms with Gasteiger partial charge >= 0.3 is 133 Å². The SMILES string of the molecule is CCCCOC(CO[O][Al]=[O])OCCCC.[H-].[Na+]. The van der Waals surface area contributed by atoms with Crippen LogP contribution >= 0.6 is 0 Å². The third-order valence-electron chi connectivity index (χ3n) is 1.91. The summed E-state index contributed by atoms with van der Waals surface area (Å²) >= 11 is -1.34. The second-order valence-electron chi connectivity index (χ2n) is 3.36. The molecule has 0 rings (SSSR count). The first-order valence-corrected chi connectivity index (χ1v) is 6.74. The molecule has 0 unspecified atom stereocenters. The first-order chi connectivity index (χ1) is 7.85. The third-order valence-corrected chi connectivity index (χ3v) is 2.13. The number of hydrogen-bond donors (Lipinski definition) is 0. The van der Waals surface area contributed by atoms with Crippen LogP contribution in [0.25, 0.3) is 0 Å². The van der Waals surface area contributed by atoms with Gasteiger partial charge in [-0.1, -0.05) is 0 Å². The second-order valence-corrected chi connectivity index (χ2v) is 3.74. The van der Waals surface area contributed by atoms with Crippen LogP contribution in [0.15, 0.2) is 0 Å². The largest absolute Gasteiger partial charge is 1.00 e. The monoisotopic (exact) mass is 272 g/mol. The van der Waals surface area contributed by atoms with E-state index in [2.05, 4.69) is 22.7 Å². The molecule has 0 aromatic carbocycles. The molecule has 0 bridgehead atoms. The summed E-state index contributed by atoms with van der Waals surface area (Å²) in [6, 6.07) is 0. The fraction of sp³-hybridized carbons (Fsp3) is 1.00. The van der Waals surface area contributed by atoms with Crippen molar-refractivity contribution in [3.05, 3.63) is 0 Å². The molecule has 0 heterocycles. The van der Waals surface area contributed by atoms with Crippen molar-refractivity contribution in [1.29, 1.82) is 0 Å². The van der Waals surface area contributed by atoms with E-state index in [0.717, 1.165) is 25.7 Å². The average Bonchev–Trinajstić information content (AvgIpc) is 2.29. The molecule has 0 aromatic rings. The Kier molecular flexibility index (Phi) is 20.3. The minimum absolute atomic E-state index is 0. The zero-order chi connectivity index (χ0) is 12.1. The van der Waals surface area contributed by atoms with Gasteiger partial charge < -0.3 is 1.43 Å². The van der Waals surface area contributed by atoms with E-state index in [1.54, 1.807) is 0 Å². The first kappa shape index (κ1) is 20.3. The Bertz CT molecular complexity index is 157. The van der Waals surface area contributed by atoms with E-state index in [1.165, 1.54) is 0 Å². The maximum atomic E-state index is 10.1. The van der Waals surface area contributed by atoms with Gasteiger partial charge in [0.15, 0.2) is 0 Å². The van der Waals surface area contributed by atoms with E-state index >= 15 is 0 Å². The summed E-state index contributed by atoms with van der Waals surface area (Å²) in [7, 11) is 0. The molecule has 0 fully saturated rings. The van der Waals surface area contributed by atoms with Crippen molar-refractivity contribution in [3.63, 3.8) is 0 Å². The van der Waals surface area contributed by atoms with Crippen LogP contribution in [0.5, 0.6) is 0 Å². The normalized spacial score (nSPS) is 9.82. The van der Waals surface area contributed by atoms with Crippen LogP contribution in [-0.4, -0.2) is 41.6 Å². The van der Waals surface area contributed by atoms with E-state index in [1.807, 2.05) is 0 Å². The molecule has 0 saturated heterocycles. The minimum atomic E-state index is -1.34. The summed E-state index contributed by atoms with van der Waals surface area (Å²) in [5.74, 6) is 0. The molecule has 0 atom stereocenters. The van der Waals surface area contributed by atoms with Gasteiger partial charge in [0.25, 0.3) is 0 Å². The summed E-state index contributed by atoms with van der Waals surface area (Å²) < 4.78 is 25.3. The summed E-state index contributed by atoms with van der Waals surface area (Å²) in [4.78, 5) is 4.68. The van der Waals surface area contributed by atoms with E-state index in [0.29, 0.717) is 13.2 Å². The van der Waals surface area contributed by atoms with E-state index in [4.69, 9.17) is 9.47 Å². The standard InChI is InChI=1S/C10H22O4.Al.Na.O.H/c1-3-5-7-12-10(9-14-11)13-8-6-4-2;;;;/h10-11H,3-9H2,1-2H3;;;;/q;2*+1;;-1/p-1. The molecule has 0 aliphatic carbocycles. The summed E-state index contributed by atoms with van der Waals surface area (Å²) in [5, 5.41) is 0. The minimum Gasteiger partial charge on any atom is -1.00 e. The zero-order valence-corrected chi connectivity index (χ0v) is 14.3. The van der Waals surface area contributed by atoms with Crippen molar-refractivity contribution in [2.24, 2.45) is 0 Å². The van der Waals surface area contributed by atoms with Gasteiger partial charge in [0.2, 0.25) is 0 Å². The van der Waals surface area contributed by atoms with Crippen LogP contribution in [0, 0.1) is 0 Å². The van der Waals surface area contributed by atoms with E-state index in [-0.39, 0.29) is 37.6 Å². The van der Waals surface area contributed by atoms with Gasteiger partial charge in [0.05, 0.1) is 0 Å². The van der Waals surface area contributed by atoms with Crippen molar-refractivity contribution in [2.75, 3.05) is 19.8 Å². The quantitative estimate of drug-likeness (QED) is 0.150. The van der Waals surface area contributed by atoms with Crippen LogP contribution in [-0.2, 0) is 22.1 Å². The Morgan fingerprint density at radius 2 is 1.65 bits per heavy atom. The van der Waals surface area contributed by atoms with Crippen LogP contribution in [0.3, 0.4) is 0 Å². The first-order valence-electron chi connectivity index (χ1n) is 5.80. The van der Waals surface area contributed by atoms with Gasteiger partial charge in [-0.05, 0) is 0 Å². The van der Waals surface area contributed by atoms with Crippen LogP contribution < -0.4 is 29.6 Å². The fourth-order valence-corrected chi connectivity index (χ4v) is 1.12. The number of ether oxygens (including phenoxy) is 2. The maximum Gasteiger partial charge on any atom is 1.00 e. The summed E-state index contributed by atoms with van der Waals surface area (Å²) in [6.45, 7) is 5.62. The molecule has 0 aliphatic rings. The predicted octanol–water partition coefficient (Wildman–Crippen LogP) is -1.02. The van der Waals surface area contributed by atoms with Gasteiger partial charge in [-0.25, -0.2) is 0 Å². The number of unbranched alkanes of at least 4 members (excludes halogenated alkanes) is 2. The molecule has 17 heavy (non-hydrogen) atoms. The fourth-order valence-electron chi connectivity index (χ4n) is 0.985. The molecule has 0 saturated carbocycles. The van der Waals surface area contributed by atoms with Crippen molar-refractivity contribution < 1.29 is 53.1 Å². The average molecular weight is 272 g/mol. The number of rotatable bonds is 12. The zero-order valence-electron chi connectivity index (χ0n) is 12.1. The third kappa shape index (κ3) is 15.0. The molecule has 7 heteroatoms.